The van der Waals surface area contributed by atoms with E-state index in [0.717, 1.165) is 0 Å². The molecule has 4 N–H and O–H groups in total. The molecule has 0 radical (unpaired) electrons. The van der Waals surface area contributed by atoms with Crippen LogP contribution in [0, 0.1) is 5.92 Å². The number of aliphatic carboxylic acids is 1. The van der Waals surface area contributed by atoms with Crippen molar-refractivity contribution in [2.24, 2.45) is 11.1 Å². The van der Waals surface area contributed by atoms with Gasteiger partial charge in [0.15, 0.2) is 0 Å². The van der Waals surface area contributed by atoms with Crippen LogP contribution in [-0.2, 0) is 24.4 Å². The van der Waals surface area contributed by atoms with Gasteiger partial charge < -0.3 is 15.3 Å². The molecular weight excluding hydrogens is 362 g/mol. The molecule has 1 aliphatic rings. The molecule has 26 heavy (non-hydrogen) atoms. The zero-order chi connectivity index (χ0) is 19.5. The van der Waals surface area contributed by atoms with E-state index in [1.54, 1.807) is 13.0 Å². The number of hydrogen-bond donors (Lipinski definition) is 3. The van der Waals surface area contributed by atoms with Crippen LogP contribution in [-0.4, -0.2) is 43.9 Å². The van der Waals surface area contributed by atoms with Crippen molar-refractivity contribution in [3.05, 3.63) is 24.3 Å². The molecule has 10 heteroatoms. The number of carbonyl (C=O) groups excluding carboxylic acids is 2. The molecule has 1 saturated heterocycles. The summed E-state index contributed by atoms with van der Waals surface area (Å²) in [6, 6.07) is 4.58. The fourth-order valence-electron chi connectivity index (χ4n) is 2.80. The minimum absolute atomic E-state index is 0.0389. The summed E-state index contributed by atoms with van der Waals surface area (Å²) in [5.74, 6) is -2.69. The molecule has 1 aliphatic heterocycles. The van der Waals surface area contributed by atoms with Crippen molar-refractivity contribution in [1.82, 2.24) is 5.32 Å². The van der Waals surface area contributed by atoms with Gasteiger partial charge in [-0.1, -0.05) is 19.4 Å². The minimum atomic E-state index is -3.92. The topological polar surface area (TPSA) is 147 Å². The van der Waals surface area contributed by atoms with E-state index >= 15 is 0 Å². The standard InChI is InChI=1S/C16H21N3O6S/c1-2-4-13(16(22)23)18-15(21)10-7-14(20)19(9-10)11-5-3-6-12(8-11)26(17,24)25/h3,5-6,8,10,13H,2,4,7,9H2,1H3,(H,18,21)(H,22,23)(H2,17,24,25). The Morgan fingerprint density at radius 3 is 2.69 bits per heavy atom. The Bertz CT molecular complexity index is 823. The van der Waals surface area contributed by atoms with Crippen LogP contribution >= 0.6 is 0 Å². The Kier molecular flexibility index (Phi) is 5.98. The van der Waals surface area contributed by atoms with Gasteiger partial charge in [-0.05, 0) is 24.6 Å². The summed E-state index contributed by atoms with van der Waals surface area (Å²) in [6.07, 6.45) is 0.805. The highest BCUT2D eigenvalue weighted by Crippen LogP contribution is 2.27. The van der Waals surface area contributed by atoms with Crippen LogP contribution in [0.5, 0.6) is 0 Å². The number of anilines is 1. The molecule has 0 aliphatic carbocycles. The number of amides is 2. The molecule has 0 bridgehead atoms. The SMILES string of the molecule is CCCC(NC(=O)C1CC(=O)N(c2cccc(S(N)(=O)=O)c2)C1)C(=O)O. The largest absolute Gasteiger partial charge is 0.480 e. The number of nitrogens with zero attached hydrogens (tertiary/aromatic N) is 1. The number of rotatable bonds is 7. The van der Waals surface area contributed by atoms with Gasteiger partial charge in [-0.25, -0.2) is 18.4 Å². The molecule has 1 aromatic rings. The fourth-order valence-corrected chi connectivity index (χ4v) is 3.35. The van der Waals surface area contributed by atoms with E-state index in [2.05, 4.69) is 5.32 Å². The number of benzene rings is 1. The summed E-state index contributed by atoms with van der Waals surface area (Å²) in [7, 11) is -3.92. The molecule has 1 fully saturated rings. The van der Waals surface area contributed by atoms with Crippen LogP contribution in [0.4, 0.5) is 5.69 Å². The zero-order valence-corrected chi connectivity index (χ0v) is 15.0. The molecule has 2 atom stereocenters. The molecule has 0 saturated carbocycles. The third kappa shape index (κ3) is 4.58. The number of sulfonamides is 1. The Morgan fingerprint density at radius 1 is 1.42 bits per heavy atom. The van der Waals surface area contributed by atoms with Crippen LogP contribution in [0.1, 0.15) is 26.2 Å². The third-order valence-electron chi connectivity index (χ3n) is 4.15. The smallest absolute Gasteiger partial charge is 0.326 e. The highest BCUT2D eigenvalue weighted by atomic mass is 32.2. The highest BCUT2D eigenvalue weighted by Gasteiger charge is 2.36. The summed E-state index contributed by atoms with van der Waals surface area (Å²) < 4.78 is 22.9. The molecule has 2 unspecified atom stereocenters. The first kappa shape index (κ1) is 19.9. The number of carboxylic acids is 1. The Hall–Kier alpha value is -2.46. The van der Waals surface area contributed by atoms with Crippen molar-refractivity contribution >= 4 is 33.5 Å². The number of carbonyl (C=O) groups is 3. The second kappa shape index (κ2) is 7.83. The van der Waals surface area contributed by atoms with E-state index in [9.17, 15) is 22.8 Å². The van der Waals surface area contributed by atoms with Gasteiger partial charge in [0.2, 0.25) is 21.8 Å². The number of primary sulfonamides is 1. The van der Waals surface area contributed by atoms with Gasteiger partial charge in [0.25, 0.3) is 0 Å². The average Bonchev–Trinajstić information content (AvgIpc) is 2.95. The first-order valence-electron chi connectivity index (χ1n) is 8.10. The van der Waals surface area contributed by atoms with E-state index < -0.39 is 33.9 Å². The van der Waals surface area contributed by atoms with Gasteiger partial charge >= 0.3 is 5.97 Å². The second-order valence-corrected chi connectivity index (χ2v) is 7.70. The van der Waals surface area contributed by atoms with E-state index in [1.165, 1.54) is 23.1 Å². The zero-order valence-electron chi connectivity index (χ0n) is 14.2. The highest BCUT2D eigenvalue weighted by molar-refractivity contribution is 7.89. The summed E-state index contributed by atoms with van der Waals surface area (Å²) in [4.78, 5) is 36.9. The number of hydrogen-bond acceptors (Lipinski definition) is 5. The Morgan fingerprint density at radius 2 is 2.12 bits per heavy atom. The lowest BCUT2D eigenvalue weighted by Crippen LogP contribution is -2.44. The lowest BCUT2D eigenvalue weighted by Gasteiger charge is -2.19. The van der Waals surface area contributed by atoms with Gasteiger partial charge in [0, 0.05) is 18.7 Å². The first-order valence-corrected chi connectivity index (χ1v) is 9.64. The van der Waals surface area contributed by atoms with Crippen LogP contribution in [0.25, 0.3) is 0 Å². The van der Waals surface area contributed by atoms with Crippen LogP contribution < -0.4 is 15.4 Å². The molecule has 0 aromatic heterocycles. The Balaban J connectivity index is 2.13. The van der Waals surface area contributed by atoms with E-state index in [0.29, 0.717) is 18.5 Å². The van der Waals surface area contributed by atoms with Crippen LogP contribution in [0.15, 0.2) is 29.2 Å². The fraction of sp³-hybridized carbons (Fsp3) is 0.438. The molecule has 142 valence electrons. The molecule has 0 spiro atoms. The van der Waals surface area contributed by atoms with Crippen molar-refractivity contribution < 1.29 is 27.9 Å². The summed E-state index contributed by atoms with van der Waals surface area (Å²) >= 11 is 0. The summed E-state index contributed by atoms with van der Waals surface area (Å²) in [5.41, 5.74) is 0.320. The predicted octanol–water partition coefficient (Wildman–Crippen LogP) is 0.0564. The maximum absolute atomic E-state index is 12.3. The number of carboxylic acid groups (broad SMARTS) is 1. The van der Waals surface area contributed by atoms with Crippen molar-refractivity contribution in [3.63, 3.8) is 0 Å². The maximum Gasteiger partial charge on any atom is 0.326 e. The van der Waals surface area contributed by atoms with Crippen molar-refractivity contribution in [1.29, 1.82) is 0 Å². The summed E-state index contributed by atoms with van der Waals surface area (Å²) in [6.45, 7) is 1.85. The van der Waals surface area contributed by atoms with Crippen molar-refractivity contribution in [2.45, 2.75) is 37.1 Å². The van der Waals surface area contributed by atoms with E-state index in [-0.39, 0.29) is 23.8 Å². The van der Waals surface area contributed by atoms with Crippen LogP contribution in [0.2, 0.25) is 0 Å². The molecule has 9 nitrogen and oxygen atoms in total. The molecule has 1 aromatic carbocycles. The minimum Gasteiger partial charge on any atom is -0.480 e. The Labute approximate surface area is 151 Å². The molecule has 2 amide bonds. The van der Waals surface area contributed by atoms with Gasteiger partial charge in [0.05, 0.1) is 10.8 Å². The maximum atomic E-state index is 12.3. The molecule has 2 rings (SSSR count). The second-order valence-electron chi connectivity index (χ2n) is 6.14. The average molecular weight is 383 g/mol. The molecular formula is C16H21N3O6S. The number of nitrogens with one attached hydrogen (secondary N) is 1. The van der Waals surface area contributed by atoms with Gasteiger partial charge in [-0.15, -0.1) is 0 Å². The van der Waals surface area contributed by atoms with Gasteiger partial charge in [0.1, 0.15) is 6.04 Å². The summed E-state index contributed by atoms with van der Waals surface area (Å²) in [5, 5.41) is 16.7. The molecule has 1 heterocycles. The van der Waals surface area contributed by atoms with Crippen LogP contribution in [0.3, 0.4) is 0 Å². The number of nitrogens with two attached hydrogens (primary N) is 1. The van der Waals surface area contributed by atoms with E-state index in [4.69, 9.17) is 10.2 Å². The quantitative estimate of drug-likeness (QED) is 0.606. The first-order chi connectivity index (χ1) is 12.1. The van der Waals surface area contributed by atoms with E-state index in [1.807, 2.05) is 0 Å². The van der Waals surface area contributed by atoms with Gasteiger partial charge in [-0.3, -0.25) is 9.59 Å². The monoisotopic (exact) mass is 383 g/mol. The predicted molar refractivity (Wildman–Crippen MR) is 92.7 cm³/mol. The third-order valence-corrected chi connectivity index (χ3v) is 5.06. The lowest BCUT2D eigenvalue weighted by atomic mass is 10.1. The normalized spacial score (nSPS) is 18.6. The van der Waals surface area contributed by atoms with Crippen molar-refractivity contribution in [2.75, 3.05) is 11.4 Å². The lowest BCUT2D eigenvalue weighted by molar-refractivity contribution is -0.142. The van der Waals surface area contributed by atoms with Gasteiger partial charge in [-0.2, -0.15) is 0 Å². The van der Waals surface area contributed by atoms with Crippen molar-refractivity contribution in [3.8, 4) is 0 Å².